The number of nitrogen functional groups attached to an aromatic ring is 1. The van der Waals surface area contributed by atoms with E-state index < -0.39 is 5.60 Å². The summed E-state index contributed by atoms with van der Waals surface area (Å²) in [7, 11) is 0. The van der Waals surface area contributed by atoms with Gasteiger partial charge in [-0.2, -0.15) is 0 Å². The molecule has 0 atom stereocenters. The molecule has 1 aromatic heterocycles. The molecule has 2 aromatic carbocycles. The maximum atomic E-state index is 10.1. The summed E-state index contributed by atoms with van der Waals surface area (Å²) in [6, 6.07) is 14.1. The third-order valence-electron chi connectivity index (χ3n) is 3.34. The average molecular weight is 254 g/mol. The van der Waals surface area contributed by atoms with Gasteiger partial charge in [-0.15, -0.1) is 0 Å². The van der Waals surface area contributed by atoms with Crippen LogP contribution in [0.2, 0.25) is 0 Å². The highest BCUT2D eigenvalue weighted by Gasteiger charge is 2.18. The normalized spacial score (nSPS) is 12.4. The molecule has 0 aliphatic heterocycles. The number of para-hydroxylation sites is 1. The Morgan fingerprint density at radius 2 is 1.74 bits per heavy atom. The minimum absolute atomic E-state index is 0.556. The van der Waals surface area contributed by atoms with Crippen molar-refractivity contribution in [1.29, 1.82) is 0 Å². The summed E-state index contributed by atoms with van der Waals surface area (Å²) in [6.07, 6.45) is 0. The van der Waals surface area contributed by atoms with E-state index in [1.54, 1.807) is 0 Å². The molecule has 3 heteroatoms. The third-order valence-corrected chi connectivity index (χ3v) is 3.34. The molecule has 0 radical (unpaired) electrons. The monoisotopic (exact) mass is 254 g/mol. The zero-order valence-corrected chi connectivity index (χ0v) is 11.2. The van der Waals surface area contributed by atoms with Crippen LogP contribution in [0.4, 0.5) is 5.69 Å². The molecule has 3 rings (SSSR count). The van der Waals surface area contributed by atoms with Crippen LogP contribution in [-0.4, -0.2) is 15.3 Å². The molecule has 0 aliphatic carbocycles. The lowest BCUT2D eigenvalue weighted by Gasteiger charge is -2.19. The van der Waals surface area contributed by atoms with Crippen molar-refractivity contribution in [3.05, 3.63) is 42.5 Å². The molecule has 0 saturated heterocycles. The number of fused-ring (bicyclic) bond motifs is 3. The lowest BCUT2D eigenvalue weighted by atomic mass is 10.1. The van der Waals surface area contributed by atoms with Crippen LogP contribution in [-0.2, 0) is 6.54 Å². The molecule has 0 saturated carbocycles. The molecule has 0 aliphatic rings. The van der Waals surface area contributed by atoms with E-state index in [9.17, 15) is 5.11 Å². The number of anilines is 1. The van der Waals surface area contributed by atoms with Gasteiger partial charge in [0.05, 0.1) is 12.1 Å². The lowest BCUT2D eigenvalue weighted by Crippen LogP contribution is -2.25. The van der Waals surface area contributed by atoms with Crippen LogP contribution in [0.15, 0.2) is 42.5 Å². The Morgan fingerprint density at radius 3 is 2.47 bits per heavy atom. The highest BCUT2D eigenvalue weighted by Crippen LogP contribution is 2.31. The van der Waals surface area contributed by atoms with Crippen molar-refractivity contribution in [1.82, 2.24) is 4.57 Å². The van der Waals surface area contributed by atoms with Gasteiger partial charge in [0.25, 0.3) is 0 Å². The minimum Gasteiger partial charge on any atom is -0.399 e. The molecule has 3 aromatic rings. The third kappa shape index (κ3) is 2.06. The molecular weight excluding hydrogens is 236 g/mol. The minimum atomic E-state index is -0.754. The lowest BCUT2D eigenvalue weighted by molar-refractivity contribution is 0.0640. The summed E-state index contributed by atoms with van der Waals surface area (Å²) < 4.78 is 2.16. The van der Waals surface area contributed by atoms with Crippen molar-refractivity contribution in [2.24, 2.45) is 0 Å². The molecule has 0 fully saturated rings. The van der Waals surface area contributed by atoms with E-state index in [0.717, 1.165) is 22.1 Å². The molecule has 0 bridgehead atoms. The van der Waals surface area contributed by atoms with E-state index in [4.69, 9.17) is 5.73 Å². The summed E-state index contributed by atoms with van der Waals surface area (Å²) in [5.74, 6) is 0. The van der Waals surface area contributed by atoms with Crippen LogP contribution >= 0.6 is 0 Å². The number of benzene rings is 2. The number of hydrogen-bond acceptors (Lipinski definition) is 2. The summed E-state index contributed by atoms with van der Waals surface area (Å²) in [4.78, 5) is 0. The standard InChI is InChI=1S/C16H18N2O/c1-16(2,19)10-18-14-6-4-3-5-12(14)13-9-11(17)7-8-15(13)18/h3-9,19H,10,17H2,1-2H3. The van der Waals surface area contributed by atoms with Gasteiger partial charge in [0, 0.05) is 27.5 Å². The Labute approximate surface area is 112 Å². The molecule has 0 spiro atoms. The maximum absolute atomic E-state index is 10.1. The fourth-order valence-corrected chi connectivity index (χ4v) is 2.63. The second-order valence-corrected chi connectivity index (χ2v) is 5.69. The Bertz CT molecular complexity index is 750. The Kier molecular flexibility index (Phi) is 2.54. The van der Waals surface area contributed by atoms with Gasteiger partial charge >= 0.3 is 0 Å². The van der Waals surface area contributed by atoms with Crippen LogP contribution in [0.1, 0.15) is 13.8 Å². The first kappa shape index (κ1) is 12.1. The van der Waals surface area contributed by atoms with Crippen LogP contribution in [0.3, 0.4) is 0 Å². The van der Waals surface area contributed by atoms with Crippen LogP contribution in [0.5, 0.6) is 0 Å². The topological polar surface area (TPSA) is 51.2 Å². The van der Waals surface area contributed by atoms with Crippen LogP contribution < -0.4 is 5.73 Å². The molecule has 0 amide bonds. The van der Waals surface area contributed by atoms with Crippen LogP contribution in [0.25, 0.3) is 21.8 Å². The smallest absolute Gasteiger partial charge is 0.0770 e. The second kappa shape index (κ2) is 4.00. The predicted octanol–water partition coefficient (Wildman–Crippen LogP) is 3.15. The van der Waals surface area contributed by atoms with Crippen molar-refractivity contribution < 1.29 is 5.11 Å². The number of nitrogens with zero attached hydrogens (tertiary/aromatic N) is 1. The second-order valence-electron chi connectivity index (χ2n) is 5.69. The molecule has 0 unspecified atom stereocenters. The first-order chi connectivity index (χ1) is 8.96. The highest BCUT2D eigenvalue weighted by atomic mass is 16.3. The first-order valence-electron chi connectivity index (χ1n) is 6.44. The number of rotatable bonds is 2. The Morgan fingerprint density at radius 1 is 1.05 bits per heavy atom. The van der Waals surface area contributed by atoms with Crippen molar-refractivity contribution in [3.63, 3.8) is 0 Å². The fraction of sp³-hybridized carbons (Fsp3) is 0.250. The van der Waals surface area contributed by atoms with Crippen molar-refractivity contribution in [3.8, 4) is 0 Å². The molecule has 3 N–H and O–H groups in total. The van der Waals surface area contributed by atoms with E-state index in [1.807, 2.05) is 44.2 Å². The Hall–Kier alpha value is -2.00. The van der Waals surface area contributed by atoms with Gasteiger partial charge in [-0.3, -0.25) is 0 Å². The van der Waals surface area contributed by atoms with E-state index in [1.165, 1.54) is 5.39 Å². The van der Waals surface area contributed by atoms with Crippen LogP contribution in [0, 0.1) is 0 Å². The quantitative estimate of drug-likeness (QED) is 0.690. The summed E-state index contributed by atoms with van der Waals surface area (Å²) in [6.45, 7) is 4.21. The molecule has 3 nitrogen and oxygen atoms in total. The number of aromatic nitrogens is 1. The van der Waals surface area contributed by atoms with E-state index in [-0.39, 0.29) is 0 Å². The van der Waals surface area contributed by atoms with E-state index in [2.05, 4.69) is 16.7 Å². The van der Waals surface area contributed by atoms with Gasteiger partial charge < -0.3 is 15.4 Å². The van der Waals surface area contributed by atoms with Gasteiger partial charge in [0.1, 0.15) is 0 Å². The van der Waals surface area contributed by atoms with Crippen molar-refractivity contribution >= 4 is 27.5 Å². The largest absolute Gasteiger partial charge is 0.399 e. The Balaban J connectivity index is 2.39. The number of aliphatic hydroxyl groups is 1. The number of hydrogen-bond donors (Lipinski definition) is 2. The van der Waals surface area contributed by atoms with E-state index >= 15 is 0 Å². The number of nitrogens with two attached hydrogens (primary N) is 1. The zero-order chi connectivity index (χ0) is 13.6. The molecule has 1 heterocycles. The maximum Gasteiger partial charge on any atom is 0.0770 e. The van der Waals surface area contributed by atoms with Crippen molar-refractivity contribution in [2.45, 2.75) is 26.0 Å². The van der Waals surface area contributed by atoms with Crippen molar-refractivity contribution in [2.75, 3.05) is 5.73 Å². The summed E-state index contributed by atoms with van der Waals surface area (Å²) >= 11 is 0. The van der Waals surface area contributed by atoms with Gasteiger partial charge in [-0.1, -0.05) is 18.2 Å². The fourth-order valence-electron chi connectivity index (χ4n) is 2.63. The summed E-state index contributed by atoms with van der Waals surface area (Å²) in [5, 5.41) is 12.4. The molecule has 19 heavy (non-hydrogen) atoms. The zero-order valence-electron chi connectivity index (χ0n) is 11.2. The SMILES string of the molecule is CC(C)(O)Cn1c2ccccc2c2cc(N)ccc21. The molecule has 98 valence electrons. The predicted molar refractivity (Wildman–Crippen MR) is 80.2 cm³/mol. The van der Waals surface area contributed by atoms with Gasteiger partial charge in [0.2, 0.25) is 0 Å². The highest BCUT2D eigenvalue weighted by molar-refractivity contribution is 6.08. The summed E-state index contributed by atoms with van der Waals surface area (Å²) in [5.41, 5.74) is 8.14. The van der Waals surface area contributed by atoms with Gasteiger partial charge in [-0.25, -0.2) is 0 Å². The van der Waals surface area contributed by atoms with Gasteiger partial charge in [-0.05, 0) is 38.1 Å². The average Bonchev–Trinajstić information content (AvgIpc) is 2.62. The van der Waals surface area contributed by atoms with E-state index in [0.29, 0.717) is 6.54 Å². The van der Waals surface area contributed by atoms with Gasteiger partial charge in [0.15, 0.2) is 0 Å². The first-order valence-corrected chi connectivity index (χ1v) is 6.44. The molecular formula is C16H18N2O.